The summed E-state index contributed by atoms with van der Waals surface area (Å²) in [5.74, 6) is -0.759. The van der Waals surface area contributed by atoms with E-state index >= 15 is 0 Å². The van der Waals surface area contributed by atoms with Gasteiger partial charge in [-0.1, -0.05) is 62.9 Å². The van der Waals surface area contributed by atoms with Crippen molar-refractivity contribution < 1.29 is 24.5 Å². The van der Waals surface area contributed by atoms with Crippen LogP contribution < -0.4 is 4.74 Å². The zero-order valence-electron chi connectivity index (χ0n) is 20.4. The number of rotatable bonds is 18. The summed E-state index contributed by atoms with van der Waals surface area (Å²) in [4.78, 5) is 24.3. The Morgan fingerprint density at radius 2 is 1.59 bits per heavy atom. The van der Waals surface area contributed by atoms with Gasteiger partial charge in [0.25, 0.3) is 0 Å². The van der Waals surface area contributed by atoms with Crippen LogP contribution in [0.1, 0.15) is 79.8 Å². The molecular weight excluding hydrogens is 430 g/mol. The summed E-state index contributed by atoms with van der Waals surface area (Å²) in [6, 6.07) is 15.1. The fourth-order valence-electron chi connectivity index (χ4n) is 3.91. The first-order chi connectivity index (χ1) is 16.5. The maximum atomic E-state index is 11.1. The number of nitrogens with zero attached hydrogens (tertiary/aromatic N) is 1. The van der Waals surface area contributed by atoms with Gasteiger partial charge >= 0.3 is 11.9 Å². The zero-order chi connectivity index (χ0) is 24.6. The lowest BCUT2D eigenvalue weighted by molar-refractivity contribution is -0.137. The molecule has 0 atom stereocenters. The van der Waals surface area contributed by atoms with Crippen LogP contribution in [-0.4, -0.2) is 46.7 Å². The molecule has 0 saturated carbocycles. The van der Waals surface area contributed by atoms with E-state index in [4.69, 9.17) is 14.9 Å². The number of unbranched alkanes of at least 4 members (excludes halogenated alkanes) is 5. The van der Waals surface area contributed by atoms with Gasteiger partial charge in [0.1, 0.15) is 5.75 Å². The van der Waals surface area contributed by atoms with Crippen molar-refractivity contribution >= 4 is 11.9 Å². The van der Waals surface area contributed by atoms with E-state index in [-0.39, 0.29) is 12.0 Å². The standard InChI is InChI=1S/C28H39NO5/c1-2-3-4-5-10-21-34-26-12-7-6-11-24(26)18-20-29(19-9-8-13-27(30)31)22-23-14-16-25(17-15-23)28(32)33/h6-7,11-12,14-17H,2-5,8-10,13,18-22H2,1H3,(H,30,31)(H,32,33). The van der Waals surface area contributed by atoms with E-state index < -0.39 is 11.9 Å². The highest BCUT2D eigenvalue weighted by Crippen LogP contribution is 2.20. The van der Waals surface area contributed by atoms with Gasteiger partial charge in [0.05, 0.1) is 12.2 Å². The van der Waals surface area contributed by atoms with Gasteiger partial charge in [-0.15, -0.1) is 0 Å². The third-order valence-corrected chi connectivity index (χ3v) is 5.90. The van der Waals surface area contributed by atoms with Gasteiger partial charge in [-0.3, -0.25) is 9.69 Å². The Hall–Kier alpha value is -2.86. The van der Waals surface area contributed by atoms with Gasteiger partial charge in [-0.25, -0.2) is 4.79 Å². The molecule has 2 rings (SSSR count). The van der Waals surface area contributed by atoms with E-state index in [1.54, 1.807) is 12.1 Å². The Balaban J connectivity index is 1.95. The van der Waals surface area contributed by atoms with Crippen molar-refractivity contribution in [2.45, 2.75) is 71.3 Å². The van der Waals surface area contributed by atoms with Crippen LogP contribution in [0.2, 0.25) is 0 Å². The van der Waals surface area contributed by atoms with Crippen molar-refractivity contribution in [2.24, 2.45) is 0 Å². The van der Waals surface area contributed by atoms with Crippen molar-refractivity contribution in [1.82, 2.24) is 4.90 Å². The second kappa shape index (κ2) is 15.9. The molecule has 0 aromatic heterocycles. The second-order valence-corrected chi connectivity index (χ2v) is 8.75. The van der Waals surface area contributed by atoms with Crippen molar-refractivity contribution in [3.8, 4) is 5.75 Å². The molecule has 0 bridgehead atoms. The number of para-hydroxylation sites is 1. The molecule has 2 aromatic rings. The van der Waals surface area contributed by atoms with E-state index in [0.29, 0.717) is 13.0 Å². The van der Waals surface area contributed by atoms with Gasteiger partial charge in [0.15, 0.2) is 0 Å². The Kier molecular flexibility index (Phi) is 12.8. The monoisotopic (exact) mass is 469 g/mol. The van der Waals surface area contributed by atoms with E-state index in [1.807, 2.05) is 30.3 Å². The van der Waals surface area contributed by atoms with Crippen molar-refractivity contribution in [1.29, 1.82) is 0 Å². The fourth-order valence-corrected chi connectivity index (χ4v) is 3.91. The van der Waals surface area contributed by atoms with Crippen molar-refractivity contribution in [3.05, 3.63) is 65.2 Å². The van der Waals surface area contributed by atoms with Crippen molar-refractivity contribution in [2.75, 3.05) is 19.7 Å². The summed E-state index contributed by atoms with van der Waals surface area (Å²) in [5, 5.41) is 18.1. The van der Waals surface area contributed by atoms with E-state index in [0.717, 1.165) is 50.3 Å². The fraction of sp³-hybridized carbons (Fsp3) is 0.500. The number of carboxylic acids is 2. The van der Waals surface area contributed by atoms with E-state index in [1.165, 1.54) is 31.2 Å². The molecule has 0 fully saturated rings. The average Bonchev–Trinajstić information content (AvgIpc) is 2.83. The number of aliphatic carboxylic acids is 1. The highest BCUT2D eigenvalue weighted by atomic mass is 16.5. The highest BCUT2D eigenvalue weighted by molar-refractivity contribution is 5.87. The minimum atomic E-state index is -0.931. The minimum absolute atomic E-state index is 0.177. The van der Waals surface area contributed by atoms with Crippen LogP contribution in [0.5, 0.6) is 5.75 Å². The lowest BCUT2D eigenvalue weighted by Gasteiger charge is -2.23. The molecule has 0 aliphatic carbocycles. The van der Waals surface area contributed by atoms with Crippen LogP contribution in [0.15, 0.2) is 48.5 Å². The normalized spacial score (nSPS) is 11.0. The largest absolute Gasteiger partial charge is 0.493 e. The lowest BCUT2D eigenvalue weighted by Crippen LogP contribution is -2.27. The summed E-state index contributed by atoms with van der Waals surface area (Å²) in [5.41, 5.74) is 2.49. The number of aromatic carboxylic acids is 1. The molecule has 186 valence electrons. The molecule has 2 N–H and O–H groups in total. The van der Waals surface area contributed by atoms with E-state index in [9.17, 15) is 9.59 Å². The molecule has 0 radical (unpaired) electrons. The number of hydrogen-bond donors (Lipinski definition) is 2. The zero-order valence-corrected chi connectivity index (χ0v) is 20.4. The molecule has 0 saturated heterocycles. The lowest BCUT2D eigenvalue weighted by atomic mass is 10.1. The van der Waals surface area contributed by atoms with Gasteiger partial charge in [0.2, 0.25) is 0 Å². The SMILES string of the molecule is CCCCCCCOc1ccccc1CCN(CCCCC(=O)O)Cc1ccc(C(=O)O)cc1. The van der Waals surface area contributed by atoms with Crippen LogP contribution in [0.3, 0.4) is 0 Å². The first-order valence-electron chi connectivity index (χ1n) is 12.5. The van der Waals surface area contributed by atoms with Gasteiger partial charge < -0.3 is 14.9 Å². The molecular formula is C28H39NO5. The maximum absolute atomic E-state index is 11.1. The van der Waals surface area contributed by atoms with E-state index in [2.05, 4.69) is 17.9 Å². The Labute approximate surface area is 203 Å². The smallest absolute Gasteiger partial charge is 0.335 e. The first kappa shape index (κ1) is 27.4. The Morgan fingerprint density at radius 1 is 0.853 bits per heavy atom. The maximum Gasteiger partial charge on any atom is 0.335 e. The predicted molar refractivity (Wildman–Crippen MR) is 135 cm³/mol. The highest BCUT2D eigenvalue weighted by Gasteiger charge is 2.11. The predicted octanol–water partition coefficient (Wildman–Crippen LogP) is 6.03. The summed E-state index contributed by atoms with van der Waals surface area (Å²) < 4.78 is 6.09. The van der Waals surface area contributed by atoms with Gasteiger partial charge in [0, 0.05) is 19.5 Å². The molecule has 0 aliphatic rings. The third-order valence-electron chi connectivity index (χ3n) is 5.90. The number of benzene rings is 2. The second-order valence-electron chi connectivity index (χ2n) is 8.75. The molecule has 6 nitrogen and oxygen atoms in total. The Morgan fingerprint density at radius 3 is 2.29 bits per heavy atom. The van der Waals surface area contributed by atoms with Crippen LogP contribution in [0.25, 0.3) is 0 Å². The molecule has 0 unspecified atom stereocenters. The molecule has 0 amide bonds. The molecule has 0 spiro atoms. The summed E-state index contributed by atoms with van der Waals surface area (Å²) in [6.07, 6.45) is 8.48. The Bertz CT molecular complexity index is 865. The molecule has 0 heterocycles. The summed E-state index contributed by atoms with van der Waals surface area (Å²) >= 11 is 0. The topological polar surface area (TPSA) is 87.1 Å². The third kappa shape index (κ3) is 10.8. The molecule has 6 heteroatoms. The van der Waals surface area contributed by atoms with Crippen molar-refractivity contribution in [3.63, 3.8) is 0 Å². The number of carboxylic acid groups (broad SMARTS) is 2. The van der Waals surface area contributed by atoms with Gasteiger partial charge in [-0.2, -0.15) is 0 Å². The molecule has 34 heavy (non-hydrogen) atoms. The molecule has 0 aliphatic heterocycles. The van der Waals surface area contributed by atoms with Crippen LogP contribution in [-0.2, 0) is 17.8 Å². The minimum Gasteiger partial charge on any atom is -0.493 e. The average molecular weight is 470 g/mol. The number of ether oxygens (including phenoxy) is 1. The van der Waals surface area contributed by atoms with Crippen LogP contribution in [0.4, 0.5) is 0 Å². The molecule has 2 aromatic carbocycles. The summed E-state index contributed by atoms with van der Waals surface area (Å²) in [6.45, 7) is 5.23. The summed E-state index contributed by atoms with van der Waals surface area (Å²) in [7, 11) is 0. The van der Waals surface area contributed by atoms with Crippen LogP contribution in [0, 0.1) is 0 Å². The number of hydrogen-bond acceptors (Lipinski definition) is 4. The first-order valence-corrected chi connectivity index (χ1v) is 12.5. The quantitative estimate of drug-likeness (QED) is 0.259. The van der Waals surface area contributed by atoms with Gasteiger partial charge in [-0.05, 0) is 61.6 Å². The number of carbonyl (C=O) groups is 2. The van der Waals surface area contributed by atoms with Crippen LogP contribution >= 0.6 is 0 Å².